The lowest BCUT2D eigenvalue weighted by molar-refractivity contribution is 0.629. The Hall–Kier alpha value is -2.36. The van der Waals surface area contributed by atoms with Gasteiger partial charge < -0.3 is 10.6 Å². The first-order valence-corrected chi connectivity index (χ1v) is 6.69. The summed E-state index contributed by atoms with van der Waals surface area (Å²) in [6.45, 7) is 2.19. The number of rotatable bonds is 4. The molecule has 4 heteroatoms. The molecule has 0 aromatic heterocycles. The fourth-order valence-electron chi connectivity index (χ4n) is 2.19. The molecular formula is C16H16FN3. The van der Waals surface area contributed by atoms with Crippen molar-refractivity contribution in [3.05, 3.63) is 65.5 Å². The van der Waals surface area contributed by atoms with Crippen LogP contribution in [0.25, 0.3) is 0 Å². The molecule has 0 unspecified atom stereocenters. The maximum absolute atomic E-state index is 14.1. The summed E-state index contributed by atoms with van der Waals surface area (Å²) < 4.78 is 14.1. The van der Waals surface area contributed by atoms with Gasteiger partial charge >= 0.3 is 0 Å². The highest BCUT2D eigenvalue weighted by Crippen LogP contribution is 2.17. The molecule has 0 bridgehead atoms. The minimum atomic E-state index is -0.255. The van der Waals surface area contributed by atoms with Crippen LogP contribution in [0.4, 0.5) is 10.1 Å². The van der Waals surface area contributed by atoms with Crippen molar-refractivity contribution in [2.24, 2.45) is 4.99 Å². The Bertz CT molecular complexity index is 623. The van der Waals surface area contributed by atoms with Crippen molar-refractivity contribution in [1.29, 1.82) is 0 Å². The van der Waals surface area contributed by atoms with E-state index in [0.717, 1.165) is 30.1 Å². The Balaban J connectivity index is 1.71. The number of anilines is 1. The number of nitrogens with one attached hydrogen (secondary N) is 2. The van der Waals surface area contributed by atoms with Crippen LogP contribution < -0.4 is 10.6 Å². The molecule has 0 atom stereocenters. The van der Waals surface area contributed by atoms with Crippen molar-refractivity contribution in [1.82, 2.24) is 5.32 Å². The molecule has 2 aromatic rings. The van der Waals surface area contributed by atoms with Gasteiger partial charge in [0.1, 0.15) is 11.7 Å². The minimum Gasteiger partial charge on any atom is -0.379 e. The van der Waals surface area contributed by atoms with E-state index in [-0.39, 0.29) is 5.82 Å². The van der Waals surface area contributed by atoms with E-state index in [1.54, 1.807) is 6.07 Å². The first-order chi connectivity index (χ1) is 9.83. The predicted octanol–water partition coefficient (Wildman–Crippen LogP) is 2.79. The van der Waals surface area contributed by atoms with Crippen molar-refractivity contribution in [3.63, 3.8) is 0 Å². The van der Waals surface area contributed by atoms with E-state index in [1.165, 1.54) is 6.07 Å². The summed E-state index contributed by atoms with van der Waals surface area (Å²) in [5.41, 5.74) is 2.43. The van der Waals surface area contributed by atoms with E-state index in [0.29, 0.717) is 12.2 Å². The van der Waals surface area contributed by atoms with Crippen LogP contribution in [0.15, 0.2) is 53.5 Å². The monoisotopic (exact) mass is 269 g/mol. The van der Waals surface area contributed by atoms with Crippen LogP contribution in [-0.2, 0) is 6.54 Å². The van der Waals surface area contributed by atoms with Crippen molar-refractivity contribution in [2.45, 2.75) is 6.54 Å². The van der Waals surface area contributed by atoms with Crippen LogP contribution in [0.1, 0.15) is 11.1 Å². The van der Waals surface area contributed by atoms with Gasteiger partial charge in [0.25, 0.3) is 0 Å². The van der Waals surface area contributed by atoms with Gasteiger partial charge in [-0.3, -0.25) is 4.99 Å². The van der Waals surface area contributed by atoms with Crippen LogP contribution in [0.2, 0.25) is 0 Å². The van der Waals surface area contributed by atoms with E-state index in [1.807, 2.05) is 36.4 Å². The molecule has 1 aliphatic rings. The van der Waals surface area contributed by atoms with Gasteiger partial charge in [-0.25, -0.2) is 4.39 Å². The Labute approximate surface area is 117 Å². The fraction of sp³-hybridized carbons (Fsp3) is 0.188. The SMILES string of the molecule is Fc1cc(C2=NCCN2)ccc1NCc1ccccc1. The minimum absolute atomic E-state index is 0.255. The Kier molecular flexibility index (Phi) is 3.63. The Morgan fingerprint density at radius 2 is 2.00 bits per heavy atom. The maximum atomic E-state index is 14.1. The zero-order valence-corrected chi connectivity index (χ0v) is 11.1. The van der Waals surface area contributed by atoms with Crippen molar-refractivity contribution in [2.75, 3.05) is 18.4 Å². The molecule has 2 aromatic carbocycles. The zero-order chi connectivity index (χ0) is 13.8. The highest BCUT2D eigenvalue weighted by molar-refractivity contribution is 6.00. The number of halogens is 1. The van der Waals surface area contributed by atoms with Gasteiger partial charge in [0, 0.05) is 18.7 Å². The average molecular weight is 269 g/mol. The molecule has 0 aliphatic carbocycles. The van der Waals surface area contributed by atoms with Crippen LogP contribution in [0.3, 0.4) is 0 Å². The molecule has 0 radical (unpaired) electrons. The average Bonchev–Trinajstić information content (AvgIpc) is 3.01. The molecule has 3 nitrogen and oxygen atoms in total. The molecule has 0 saturated carbocycles. The summed E-state index contributed by atoms with van der Waals surface area (Å²) >= 11 is 0. The number of benzene rings is 2. The van der Waals surface area contributed by atoms with E-state index in [9.17, 15) is 4.39 Å². The standard InChI is InChI=1S/C16H16FN3/c17-14-10-13(16-18-8-9-19-16)6-7-15(14)20-11-12-4-2-1-3-5-12/h1-7,10,20H,8-9,11H2,(H,18,19). The van der Waals surface area contributed by atoms with E-state index in [2.05, 4.69) is 15.6 Å². The zero-order valence-electron chi connectivity index (χ0n) is 11.1. The van der Waals surface area contributed by atoms with Crippen LogP contribution in [0, 0.1) is 5.82 Å². The lowest BCUT2D eigenvalue weighted by Gasteiger charge is -2.09. The van der Waals surface area contributed by atoms with Crippen LogP contribution in [0.5, 0.6) is 0 Å². The summed E-state index contributed by atoms with van der Waals surface area (Å²) in [4.78, 5) is 4.29. The number of hydrogen-bond acceptors (Lipinski definition) is 3. The molecule has 0 fully saturated rings. The van der Waals surface area contributed by atoms with Crippen LogP contribution >= 0.6 is 0 Å². The topological polar surface area (TPSA) is 36.4 Å². The highest BCUT2D eigenvalue weighted by Gasteiger charge is 2.10. The molecule has 20 heavy (non-hydrogen) atoms. The molecule has 2 N–H and O–H groups in total. The second-order valence-electron chi connectivity index (χ2n) is 4.69. The summed E-state index contributed by atoms with van der Waals surface area (Å²) in [6.07, 6.45) is 0. The quantitative estimate of drug-likeness (QED) is 0.895. The Morgan fingerprint density at radius 1 is 1.15 bits per heavy atom. The number of aliphatic imine (C=N–C) groups is 1. The maximum Gasteiger partial charge on any atom is 0.147 e. The van der Waals surface area contributed by atoms with Gasteiger partial charge in [0.2, 0.25) is 0 Å². The highest BCUT2D eigenvalue weighted by atomic mass is 19.1. The van der Waals surface area contributed by atoms with Gasteiger partial charge in [-0.2, -0.15) is 0 Å². The number of amidine groups is 1. The van der Waals surface area contributed by atoms with E-state index >= 15 is 0 Å². The summed E-state index contributed by atoms with van der Waals surface area (Å²) in [6, 6.07) is 15.1. The first-order valence-electron chi connectivity index (χ1n) is 6.69. The van der Waals surface area contributed by atoms with Crippen molar-refractivity contribution >= 4 is 11.5 Å². The third-order valence-corrected chi connectivity index (χ3v) is 3.24. The van der Waals surface area contributed by atoms with Gasteiger partial charge in [-0.1, -0.05) is 30.3 Å². The predicted molar refractivity (Wildman–Crippen MR) is 79.6 cm³/mol. The summed E-state index contributed by atoms with van der Waals surface area (Å²) in [5.74, 6) is 0.522. The van der Waals surface area contributed by atoms with E-state index in [4.69, 9.17) is 0 Å². The van der Waals surface area contributed by atoms with Gasteiger partial charge in [0.05, 0.1) is 12.2 Å². The van der Waals surface area contributed by atoms with Gasteiger partial charge in [-0.05, 0) is 23.8 Å². The second kappa shape index (κ2) is 5.74. The normalized spacial score (nSPS) is 13.8. The Morgan fingerprint density at radius 3 is 2.70 bits per heavy atom. The number of hydrogen-bond donors (Lipinski definition) is 2. The largest absolute Gasteiger partial charge is 0.379 e. The third-order valence-electron chi connectivity index (χ3n) is 3.24. The lowest BCUT2D eigenvalue weighted by atomic mass is 10.1. The molecule has 1 heterocycles. The molecule has 1 aliphatic heterocycles. The van der Waals surface area contributed by atoms with Gasteiger partial charge in [-0.15, -0.1) is 0 Å². The molecule has 0 spiro atoms. The smallest absolute Gasteiger partial charge is 0.147 e. The summed E-state index contributed by atoms with van der Waals surface area (Å²) in [7, 11) is 0. The molecule has 102 valence electrons. The second-order valence-corrected chi connectivity index (χ2v) is 4.69. The number of nitrogens with zero attached hydrogens (tertiary/aromatic N) is 1. The van der Waals surface area contributed by atoms with Gasteiger partial charge in [0.15, 0.2) is 0 Å². The molecule has 0 saturated heterocycles. The van der Waals surface area contributed by atoms with Crippen LogP contribution in [-0.4, -0.2) is 18.9 Å². The summed E-state index contributed by atoms with van der Waals surface area (Å²) in [5, 5.41) is 6.25. The third kappa shape index (κ3) is 2.79. The fourth-order valence-corrected chi connectivity index (χ4v) is 2.19. The van der Waals surface area contributed by atoms with Crippen molar-refractivity contribution in [3.8, 4) is 0 Å². The lowest BCUT2D eigenvalue weighted by Crippen LogP contribution is -2.19. The first kappa shape index (κ1) is 12.7. The molecular weight excluding hydrogens is 253 g/mol. The molecule has 0 amide bonds. The van der Waals surface area contributed by atoms with E-state index < -0.39 is 0 Å². The molecule has 3 rings (SSSR count). The van der Waals surface area contributed by atoms with Crippen molar-refractivity contribution < 1.29 is 4.39 Å².